The molecule has 2 aromatic rings. The molecule has 138 valence electrons. The van der Waals surface area contributed by atoms with Gasteiger partial charge in [-0.15, -0.1) is 0 Å². The van der Waals surface area contributed by atoms with Gasteiger partial charge >= 0.3 is 0 Å². The number of hydrogen-bond acceptors (Lipinski definition) is 5. The number of likely N-dealkylation sites (tertiary alicyclic amines) is 1. The smallest absolute Gasteiger partial charge is 0.225 e. The summed E-state index contributed by atoms with van der Waals surface area (Å²) in [7, 11) is 1.69. The molecule has 0 bridgehead atoms. The number of amides is 1. The number of nitrogens with one attached hydrogen (secondary N) is 1. The van der Waals surface area contributed by atoms with Crippen LogP contribution >= 0.6 is 0 Å². The molecule has 1 N–H and O–H groups in total. The maximum absolute atomic E-state index is 12.6. The lowest BCUT2D eigenvalue weighted by Crippen LogP contribution is -2.37. The van der Waals surface area contributed by atoms with E-state index in [-0.39, 0.29) is 18.0 Å². The van der Waals surface area contributed by atoms with Gasteiger partial charge in [0.25, 0.3) is 0 Å². The second-order valence-corrected chi connectivity index (χ2v) is 7.06. The average molecular weight is 355 g/mol. The largest absolute Gasteiger partial charge is 0.383 e. The molecule has 2 fully saturated rings. The Morgan fingerprint density at radius 1 is 1.35 bits per heavy atom. The van der Waals surface area contributed by atoms with Crippen LogP contribution in [-0.2, 0) is 22.6 Å². The topological polar surface area (TPSA) is 72.3 Å². The third kappa shape index (κ3) is 3.64. The molecule has 0 unspecified atom stereocenters. The molecule has 7 nitrogen and oxygen atoms in total. The molecule has 1 aliphatic heterocycles. The van der Waals surface area contributed by atoms with Gasteiger partial charge in [-0.3, -0.25) is 14.5 Å². The van der Waals surface area contributed by atoms with E-state index in [1.807, 2.05) is 29.3 Å². The molecule has 7 heteroatoms. The van der Waals surface area contributed by atoms with Crippen molar-refractivity contribution in [1.82, 2.24) is 25.0 Å². The van der Waals surface area contributed by atoms with E-state index in [9.17, 15) is 4.79 Å². The summed E-state index contributed by atoms with van der Waals surface area (Å²) in [6, 6.07) is 4.57. The summed E-state index contributed by atoms with van der Waals surface area (Å²) in [4.78, 5) is 19.0. The maximum atomic E-state index is 12.6. The van der Waals surface area contributed by atoms with E-state index < -0.39 is 0 Å². The van der Waals surface area contributed by atoms with Crippen molar-refractivity contribution in [2.75, 3.05) is 13.7 Å². The van der Waals surface area contributed by atoms with Crippen LogP contribution in [0, 0.1) is 0 Å². The van der Waals surface area contributed by atoms with Crippen LogP contribution in [0.2, 0.25) is 0 Å². The van der Waals surface area contributed by atoms with Crippen LogP contribution < -0.4 is 5.32 Å². The molecule has 1 saturated heterocycles. The summed E-state index contributed by atoms with van der Waals surface area (Å²) in [5.41, 5.74) is 2.22. The minimum Gasteiger partial charge on any atom is -0.383 e. The van der Waals surface area contributed by atoms with Crippen molar-refractivity contribution in [3.05, 3.63) is 48.0 Å². The van der Waals surface area contributed by atoms with Gasteiger partial charge in [0.05, 0.1) is 25.4 Å². The van der Waals surface area contributed by atoms with E-state index in [1.165, 1.54) is 0 Å². The zero-order valence-corrected chi connectivity index (χ0v) is 15.0. The molecule has 2 atom stereocenters. The molecule has 26 heavy (non-hydrogen) atoms. The highest BCUT2D eigenvalue weighted by Gasteiger charge is 2.47. The standard InChI is InChI=1S/C19H25N5O2/c1-26-8-7-23-13-14(11-22-23)10-21-17-9-18(25)24(16-4-5-16)19(17)15-3-2-6-20-12-15/h2-3,6,11-13,16-17,19,21H,4-5,7-10H2,1H3/t17-,19+/m1/s1. The number of carbonyl (C=O) groups excluding carboxylic acids is 1. The number of ether oxygens (including phenoxy) is 1. The van der Waals surface area contributed by atoms with Crippen molar-refractivity contribution in [3.8, 4) is 0 Å². The number of aromatic nitrogens is 3. The van der Waals surface area contributed by atoms with Crippen LogP contribution in [0.3, 0.4) is 0 Å². The number of hydrogen-bond donors (Lipinski definition) is 1. The third-order valence-electron chi connectivity index (χ3n) is 5.11. The molecule has 3 heterocycles. The SMILES string of the molecule is COCCn1cc(CN[C@@H]2CC(=O)N(C3CC3)[C@H]2c2cccnc2)cn1. The van der Waals surface area contributed by atoms with Gasteiger partial charge in [0.1, 0.15) is 0 Å². The second kappa shape index (κ2) is 7.55. The molecule has 0 aromatic carbocycles. The lowest BCUT2D eigenvalue weighted by molar-refractivity contribution is -0.129. The van der Waals surface area contributed by atoms with Crippen molar-refractivity contribution in [3.63, 3.8) is 0 Å². The molecule has 1 amide bonds. The lowest BCUT2D eigenvalue weighted by atomic mass is 10.0. The summed E-state index contributed by atoms with van der Waals surface area (Å²) in [6.07, 6.45) is 10.3. The van der Waals surface area contributed by atoms with E-state index >= 15 is 0 Å². The lowest BCUT2D eigenvalue weighted by Gasteiger charge is -2.29. The molecule has 0 radical (unpaired) electrons. The Bertz CT molecular complexity index is 743. The minimum absolute atomic E-state index is 0.0623. The van der Waals surface area contributed by atoms with Crippen LogP contribution in [-0.4, -0.2) is 51.4 Å². The number of pyridine rings is 1. The zero-order chi connectivity index (χ0) is 17.9. The molecular formula is C19H25N5O2. The van der Waals surface area contributed by atoms with Crippen LogP contribution in [0.25, 0.3) is 0 Å². The highest BCUT2D eigenvalue weighted by molar-refractivity contribution is 5.81. The van der Waals surface area contributed by atoms with Crippen LogP contribution in [0.1, 0.15) is 36.4 Å². The molecular weight excluding hydrogens is 330 g/mol. The van der Waals surface area contributed by atoms with Gasteiger partial charge in [-0.25, -0.2) is 0 Å². The van der Waals surface area contributed by atoms with Gasteiger partial charge in [0.15, 0.2) is 0 Å². The number of methoxy groups -OCH3 is 1. The Labute approximate surface area is 153 Å². The van der Waals surface area contributed by atoms with Crippen molar-refractivity contribution >= 4 is 5.91 Å². The molecule has 2 aromatic heterocycles. The first-order valence-corrected chi connectivity index (χ1v) is 9.21. The quantitative estimate of drug-likeness (QED) is 0.777. The zero-order valence-electron chi connectivity index (χ0n) is 15.0. The summed E-state index contributed by atoms with van der Waals surface area (Å²) >= 11 is 0. The number of nitrogens with zero attached hydrogens (tertiary/aromatic N) is 4. The normalized spacial score (nSPS) is 23.0. The highest BCUT2D eigenvalue weighted by Crippen LogP contribution is 2.41. The molecule has 1 aliphatic carbocycles. The predicted molar refractivity (Wildman–Crippen MR) is 96.2 cm³/mol. The predicted octanol–water partition coefficient (Wildman–Crippen LogP) is 1.52. The van der Waals surface area contributed by atoms with E-state index in [0.29, 0.717) is 25.6 Å². The van der Waals surface area contributed by atoms with Gasteiger partial charge in [0, 0.05) is 56.3 Å². The van der Waals surface area contributed by atoms with Crippen molar-refractivity contribution < 1.29 is 9.53 Å². The average Bonchev–Trinajstić information content (AvgIpc) is 3.30. The fourth-order valence-corrected chi connectivity index (χ4v) is 3.72. The first kappa shape index (κ1) is 17.2. The van der Waals surface area contributed by atoms with Gasteiger partial charge < -0.3 is 15.0 Å². The molecule has 4 rings (SSSR count). The van der Waals surface area contributed by atoms with Crippen molar-refractivity contribution in [2.45, 2.75) is 50.5 Å². The van der Waals surface area contributed by atoms with Crippen molar-refractivity contribution in [2.24, 2.45) is 0 Å². The Morgan fingerprint density at radius 2 is 2.23 bits per heavy atom. The monoisotopic (exact) mass is 355 g/mol. The maximum Gasteiger partial charge on any atom is 0.225 e. The number of rotatable bonds is 8. The van der Waals surface area contributed by atoms with Crippen LogP contribution in [0.5, 0.6) is 0 Å². The van der Waals surface area contributed by atoms with Gasteiger partial charge in [-0.05, 0) is 24.5 Å². The molecule has 2 aliphatic rings. The Balaban J connectivity index is 1.46. The van der Waals surface area contributed by atoms with E-state index in [1.54, 1.807) is 13.3 Å². The van der Waals surface area contributed by atoms with Gasteiger partial charge in [0.2, 0.25) is 5.91 Å². The Morgan fingerprint density at radius 3 is 2.96 bits per heavy atom. The Hall–Kier alpha value is -2.25. The molecule has 0 spiro atoms. The van der Waals surface area contributed by atoms with Crippen LogP contribution in [0.15, 0.2) is 36.9 Å². The number of carbonyl (C=O) groups is 1. The van der Waals surface area contributed by atoms with Crippen LogP contribution in [0.4, 0.5) is 0 Å². The van der Waals surface area contributed by atoms with Gasteiger partial charge in [-0.1, -0.05) is 6.07 Å². The molecule has 1 saturated carbocycles. The van der Waals surface area contributed by atoms with E-state index in [0.717, 1.165) is 30.5 Å². The second-order valence-electron chi connectivity index (χ2n) is 7.06. The van der Waals surface area contributed by atoms with E-state index in [2.05, 4.69) is 26.4 Å². The Kier molecular flexibility index (Phi) is 4.99. The fraction of sp³-hybridized carbons (Fsp3) is 0.526. The summed E-state index contributed by atoms with van der Waals surface area (Å²) in [5.74, 6) is 0.245. The highest BCUT2D eigenvalue weighted by atomic mass is 16.5. The first-order chi connectivity index (χ1) is 12.8. The first-order valence-electron chi connectivity index (χ1n) is 9.21. The fourth-order valence-electron chi connectivity index (χ4n) is 3.72. The van der Waals surface area contributed by atoms with Crippen molar-refractivity contribution in [1.29, 1.82) is 0 Å². The third-order valence-corrected chi connectivity index (χ3v) is 5.11. The van der Waals surface area contributed by atoms with E-state index in [4.69, 9.17) is 4.74 Å². The minimum atomic E-state index is 0.0623. The summed E-state index contributed by atoms with van der Waals surface area (Å²) in [6.45, 7) is 2.08. The summed E-state index contributed by atoms with van der Waals surface area (Å²) in [5, 5.41) is 7.94. The van der Waals surface area contributed by atoms with Gasteiger partial charge in [-0.2, -0.15) is 5.10 Å². The summed E-state index contributed by atoms with van der Waals surface area (Å²) < 4.78 is 6.97.